The molecule has 1 amide bonds. The van der Waals surface area contributed by atoms with Gasteiger partial charge in [0.2, 0.25) is 5.91 Å². The Morgan fingerprint density at radius 1 is 1.10 bits per heavy atom. The van der Waals surface area contributed by atoms with Gasteiger partial charge in [-0.25, -0.2) is 0 Å². The molecule has 3 nitrogen and oxygen atoms in total. The molecule has 0 aliphatic heterocycles. The average molecular weight is 323 g/mol. The number of carbonyl (C=O) groups excluding carboxylic acids is 1. The lowest BCUT2D eigenvalue weighted by Crippen LogP contribution is -2.30. The summed E-state index contributed by atoms with van der Waals surface area (Å²) >= 11 is 11.8. The number of amides is 1. The van der Waals surface area contributed by atoms with Gasteiger partial charge in [-0.3, -0.25) is 4.79 Å². The summed E-state index contributed by atoms with van der Waals surface area (Å²) < 4.78 is 0. The number of benzene rings is 2. The van der Waals surface area contributed by atoms with Gasteiger partial charge < -0.3 is 10.6 Å². The van der Waals surface area contributed by atoms with E-state index in [1.807, 2.05) is 31.2 Å². The molecule has 0 bridgehead atoms. The van der Waals surface area contributed by atoms with Crippen LogP contribution in [-0.4, -0.2) is 12.5 Å². The van der Waals surface area contributed by atoms with E-state index in [2.05, 4.69) is 10.6 Å². The molecule has 110 valence electrons. The highest BCUT2D eigenvalue weighted by molar-refractivity contribution is 6.31. The molecule has 0 unspecified atom stereocenters. The van der Waals surface area contributed by atoms with Crippen molar-refractivity contribution in [3.8, 4) is 0 Å². The first-order valence-corrected chi connectivity index (χ1v) is 7.34. The van der Waals surface area contributed by atoms with Crippen molar-refractivity contribution in [1.82, 2.24) is 5.32 Å². The smallest absolute Gasteiger partial charge is 0.238 e. The molecule has 0 fully saturated rings. The molecule has 0 aromatic heterocycles. The summed E-state index contributed by atoms with van der Waals surface area (Å²) in [6.45, 7) is 2.19. The van der Waals surface area contributed by atoms with E-state index in [4.69, 9.17) is 23.2 Å². The van der Waals surface area contributed by atoms with Crippen LogP contribution in [0.1, 0.15) is 18.5 Å². The Balaban J connectivity index is 1.86. The summed E-state index contributed by atoms with van der Waals surface area (Å²) in [5.74, 6) is -0.119. The van der Waals surface area contributed by atoms with E-state index in [1.54, 1.807) is 24.3 Å². The highest BCUT2D eigenvalue weighted by Crippen LogP contribution is 2.17. The van der Waals surface area contributed by atoms with Gasteiger partial charge in [0.05, 0.1) is 6.54 Å². The molecule has 2 N–H and O–H groups in total. The fourth-order valence-electron chi connectivity index (χ4n) is 1.91. The number of carbonyl (C=O) groups is 1. The molecule has 0 aliphatic carbocycles. The fourth-order valence-corrected chi connectivity index (χ4v) is 2.30. The predicted molar refractivity (Wildman–Crippen MR) is 88.0 cm³/mol. The van der Waals surface area contributed by atoms with Gasteiger partial charge in [0, 0.05) is 21.8 Å². The highest BCUT2D eigenvalue weighted by atomic mass is 35.5. The summed E-state index contributed by atoms with van der Waals surface area (Å²) in [6.07, 6.45) is 0. The van der Waals surface area contributed by atoms with Crippen LogP contribution < -0.4 is 10.6 Å². The van der Waals surface area contributed by atoms with Gasteiger partial charge in [-0.1, -0.05) is 41.4 Å². The minimum atomic E-state index is -0.119. The van der Waals surface area contributed by atoms with E-state index in [9.17, 15) is 4.79 Å². The number of hydrogen-bond acceptors (Lipinski definition) is 2. The van der Waals surface area contributed by atoms with Gasteiger partial charge in [0.15, 0.2) is 0 Å². The standard InChI is InChI=1S/C16H16Cl2N2O/c1-11(12-4-2-5-13(17)8-12)19-10-16(21)20-15-7-3-6-14(18)9-15/h2-9,11,19H,10H2,1H3,(H,20,21)/t11-/m0/s1. The highest BCUT2D eigenvalue weighted by Gasteiger charge is 2.08. The number of anilines is 1. The van der Waals surface area contributed by atoms with Gasteiger partial charge in [0.1, 0.15) is 0 Å². The van der Waals surface area contributed by atoms with Gasteiger partial charge in [0.25, 0.3) is 0 Å². The quantitative estimate of drug-likeness (QED) is 0.862. The Kier molecular flexibility index (Phi) is 5.62. The second-order valence-electron chi connectivity index (χ2n) is 4.72. The van der Waals surface area contributed by atoms with Crippen molar-refractivity contribution in [3.05, 3.63) is 64.1 Å². The maximum absolute atomic E-state index is 11.9. The van der Waals surface area contributed by atoms with Gasteiger partial charge in [-0.2, -0.15) is 0 Å². The topological polar surface area (TPSA) is 41.1 Å². The summed E-state index contributed by atoms with van der Waals surface area (Å²) in [5, 5.41) is 7.22. The lowest BCUT2D eigenvalue weighted by Gasteiger charge is -2.14. The molecule has 0 heterocycles. The van der Waals surface area contributed by atoms with Crippen molar-refractivity contribution in [3.63, 3.8) is 0 Å². The third-order valence-corrected chi connectivity index (χ3v) is 3.50. The number of hydrogen-bond donors (Lipinski definition) is 2. The molecule has 0 spiro atoms. The van der Waals surface area contributed by atoms with Crippen LogP contribution in [0.25, 0.3) is 0 Å². The molecule has 0 aliphatic rings. The van der Waals surface area contributed by atoms with E-state index in [0.717, 1.165) is 5.56 Å². The summed E-state index contributed by atoms with van der Waals surface area (Å²) in [5.41, 5.74) is 1.72. The molecule has 0 saturated heterocycles. The number of halogens is 2. The molecule has 0 radical (unpaired) electrons. The first-order chi connectivity index (χ1) is 10.0. The van der Waals surface area contributed by atoms with Crippen molar-refractivity contribution >= 4 is 34.8 Å². The third kappa shape index (κ3) is 5.05. The Morgan fingerprint density at radius 3 is 2.43 bits per heavy atom. The maximum Gasteiger partial charge on any atom is 0.238 e. The molecule has 2 aromatic carbocycles. The molecular weight excluding hydrogens is 307 g/mol. The minimum Gasteiger partial charge on any atom is -0.325 e. The van der Waals surface area contributed by atoms with Crippen LogP contribution in [0.3, 0.4) is 0 Å². The Bertz CT molecular complexity index is 631. The molecule has 2 aromatic rings. The van der Waals surface area contributed by atoms with Crippen LogP contribution >= 0.6 is 23.2 Å². The van der Waals surface area contributed by atoms with Crippen molar-refractivity contribution in [2.45, 2.75) is 13.0 Å². The van der Waals surface area contributed by atoms with Gasteiger partial charge in [-0.15, -0.1) is 0 Å². The number of rotatable bonds is 5. The van der Waals surface area contributed by atoms with Crippen LogP contribution in [0.2, 0.25) is 10.0 Å². The average Bonchev–Trinajstić information content (AvgIpc) is 2.45. The number of nitrogens with one attached hydrogen (secondary N) is 2. The third-order valence-electron chi connectivity index (χ3n) is 3.03. The van der Waals surface area contributed by atoms with Crippen LogP contribution in [0.4, 0.5) is 5.69 Å². The van der Waals surface area contributed by atoms with E-state index < -0.39 is 0 Å². The predicted octanol–water partition coefficient (Wildman–Crippen LogP) is 4.28. The van der Waals surface area contributed by atoms with Crippen molar-refractivity contribution in [2.75, 3.05) is 11.9 Å². The van der Waals surface area contributed by atoms with Crippen LogP contribution in [-0.2, 0) is 4.79 Å². The lowest BCUT2D eigenvalue weighted by molar-refractivity contribution is -0.115. The first kappa shape index (κ1) is 15.8. The Hall–Kier alpha value is -1.55. The van der Waals surface area contributed by atoms with Gasteiger partial charge >= 0.3 is 0 Å². The van der Waals surface area contributed by atoms with Crippen molar-refractivity contribution < 1.29 is 4.79 Å². The normalized spacial score (nSPS) is 12.0. The molecule has 2 rings (SSSR count). The molecule has 0 saturated carbocycles. The van der Waals surface area contributed by atoms with Crippen LogP contribution in [0.15, 0.2) is 48.5 Å². The molecule has 5 heteroatoms. The molecule has 1 atom stereocenters. The zero-order chi connectivity index (χ0) is 15.2. The zero-order valence-corrected chi connectivity index (χ0v) is 13.1. The van der Waals surface area contributed by atoms with Crippen molar-refractivity contribution in [2.24, 2.45) is 0 Å². The largest absolute Gasteiger partial charge is 0.325 e. The molecular formula is C16H16Cl2N2O. The minimum absolute atomic E-state index is 0.0359. The van der Waals surface area contributed by atoms with Gasteiger partial charge in [-0.05, 0) is 42.8 Å². The Labute approximate surface area is 134 Å². The fraction of sp³-hybridized carbons (Fsp3) is 0.188. The summed E-state index contributed by atoms with van der Waals surface area (Å²) in [7, 11) is 0. The Morgan fingerprint density at radius 2 is 1.76 bits per heavy atom. The summed E-state index contributed by atoms with van der Waals surface area (Å²) in [4.78, 5) is 11.9. The zero-order valence-electron chi connectivity index (χ0n) is 11.6. The van der Waals surface area contributed by atoms with E-state index >= 15 is 0 Å². The monoisotopic (exact) mass is 322 g/mol. The lowest BCUT2D eigenvalue weighted by atomic mass is 10.1. The van der Waals surface area contributed by atoms with Crippen LogP contribution in [0.5, 0.6) is 0 Å². The van der Waals surface area contributed by atoms with Crippen molar-refractivity contribution in [1.29, 1.82) is 0 Å². The second-order valence-corrected chi connectivity index (χ2v) is 5.59. The second kappa shape index (κ2) is 7.46. The van der Waals surface area contributed by atoms with E-state index in [0.29, 0.717) is 15.7 Å². The first-order valence-electron chi connectivity index (χ1n) is 6.59. The SMILES string of the molecule is C[C@H](NCC(=O)Nc1cccc(Cl)c1)c1cccc(Cl)c1. The van der Waals surface area contributed by atoms with Crippen LogP contribution in [0, 0.1) is 0 Å². The molecule has 21 heavy (non-hydrogen) atoms. The summed E-state index contributed by atoms with van der Waals surface area (Å²) in [6, 6.07) is 14.7. The van der Waals surface area contributed by atoms with E-state index in [1.165, 1.54) is 0 Å². The van der Waals surface area contributed by atoms with E-state index in [-0.39, 0.29) is 18.5 Å². The maximum atomic E-state index is 11.9.